The Bertz CT molecular complexity index is 291. The zero-order valence-electron chi connectivity index (χ0n) is 8.66. The summed E-state index contributed by atoms with van der Waals surface area (Å²) in [6, 6.07) is 11.0. The van der Waals surface area contributed by atoms with E-state index in [1.165, 1.54) is 0 Å². The smallest absolute Gasteiger partial charge is 0 e. The fourth-order valence-electron chi connectivity index (χ4n) is 0.551. The summed E-state index contributed by atoms with van der Waals surface area (Å²) in [5.74, 6) is 0. The summed E-state index contributed by atoms with van der Waals surface area (Å²) in [4.78, 5) is 0. The van der Waals surface area contributed by atoms with Crippen molar-refractivity contribution in [1.82, 2.24) is 0 Å². The standard InChI is InChI=1S/C8H7N.3CO.W/c1-9(2)7-8-5-3-4-6-8;3*1-2;/h7H,1-2H3;;;;/q-4;;;;. The molecule has 0 aliphatic heterocycles. The molecule has 0 saturated heterocycles. The van der Waals surface area contributed by atoms with Crippen LogP contribution in [0.5, 0.6) is 0 Å². The molecule has 0 unspecified atom stereocenters. The van der Waals surface area contributed by atoms with Crippen molar-refractivity contribution in [3.05, 3.63) is 49.8 Å². The van der Waals surface area contributed by atoms with Crippen molar-refractivity contribution in [3.8, 4) is 0 Å². The van der Waals surface area contributed by atoms with Crippen LogP contribution in [0.2, 0.25) is 0 Å². The van der Waals surface area contributed by atoms with E-state index in [0.29, 0.717) is 0 Å². The van der Waals surface area contributed by atoms with E-state index < -0.39 is 0 Å². The minimum atomic E-state index is 0. The second-order valence-corrected chi connectivity index (χ2v) is 2.01. The summed E-state index contributed by atoms with van der Waals surface area (Å²) in [6.45, 7) is 13.5. The minimum absolute atomic E-state index is 0. The molecule has 0 heterocycles. The number of rotatable bonds is 1. The predicted molar refractivity (Wildman–Crippen MR) is 46.4 cm³/mol. The SMILES string of the molecule is C[N+](C)=C[c-]1[c-][c-][c-][c-]1.[C-]#[O+].[C-]#[O+].[C-]#[O+].[W]. The van der Waals surface area contributed by atoms with E-state index in [2.05, 4.69) is 44.2 Å². The first-order valence-electron chi connectivity index (χ1n) is 3.30. The third-order valence-electron chi connectivity index (χ3n) is 0.844. The maximum atomic E-state index is 7.50. The molecule has 0 spiro atoms. The molecular weight excluding hydrogens is 378 g/mol. The molecule has 0 aliphatic rings. The predicted octanol–water partition coefficient (Wildman–Crippen LogP) is 0.182. The average Bonchev–Trinajstić information content (AvgIpc) is 2.78. The van der Waals surface area contributed by atoms with Crippen LogP contribution in [0, 0.1) is 44.2 Å². The first-order valence-corrected chi connectivity index (χ1v) is 3.30. The molecule has 0 saturated carbocycles. The Labute approximate surface area is 110 Å². The maximum absolute atomic E-state index is 7.50. The molecule has 0 fully saturated rings. The Hall–Kier alpha value is -1.07. The molecule has 0 aliphatic carbocycles. The Kier molecular flexibility index (Phi) is 35.8. The van der Waals surface area contributed by atoms with Crippen LogP contribution in [-0.4, -0.2) is 24.9 Å². The van der Waals surface area contributed by atoms with E-state index in [1.807, 2.05) is 24.9 Å². The number of hydrogen-bond acceptors (Lipinski definition) is 0. The molecule has 0 radical (unpaired) electrons. The second kappa shape index (κ2) is 23.6. The molecule has 0 atom stereocenters. The third kappa shape index (κ3) is 18.7. The van der Waals surface area contributed by atoms with Crippen molar-refractivity contribution in [3.63, 3.8) is 0 Å². The van der Waals surface area contributed by atoms with Crippen LogP contribution in [-0.2, 0) is 35.0 Å². The fraction of sp³-hybridized carbons (Fsp3) is 0.182. The average molecular weight is 385 g/mol. The van der Waals surface area contributed by atoms with Crippen LogP contribution in [0.4, 0.5) is 0 Å². The van der Waals surface area contributed by atoms with E-state index in [0.717, 1.165) is 5.56 Å². The van der Waals surface area contributed by atoms with Gasteiger partial charge in [-0.2, -0.15) is 0 Å². The van der Waals surface area contributed by atoms with Gasteiger partial charge in [0.05, 0.1) is 0 Å². The maximum Gasteiger partial charge on any atom is 0 e. The molecule has 16 heavy (non-hydrogen) atoms. The Morgan fingerprint density at radius 3 is 1.50 bits per heavy atom. The monoisotopic (exact) mass is 385 g/mol. The van der Waals surface area contributed by atoms with Crippen LogP contribution >= 0.6 is 0 Å². The van der Waals surface area contributed by atoms with Gasteiger partial charge in [-0.3, -0.25) is 0 Å². The summed E-state index contributed by atoms with van der Waals surface area (Å²) in [6.07, 6.45) is 1.91. The van der Waals surface area contributed by atoms with Gasteiger partial charge in [-0.25, -0.2) is 6.21 Å². The van der Waals surface area contributed by atoms with Gasteiger partial charge in [0.1, 0.15) is 14.1 Å². The fourth-order valence-corrected chi connectivity index (χ4v) is 0.551. The van der Waals surface area contributed by atoms with E-state index in [9.17, 15) is 0 Å². The van der Waals surface area contributed by atoms with Gasteiger partial charge in [-0.05, 0) is 0 Å². The van der Waals surface area contributed by atoms with Gasteiger partial charge < -0.3 is 34.4 Å². The summed E-state index contributed by atoms with van der Waals surface area (Å²) < 4.78 is 24.4. The molecule has 4 nitrogen and oxygen atoms in total. The van der Waals surface area contributed by atoms with Crippen molar-refractivity contribution in [2.45, 2.75) is 0 Å². The Balaban J connectivity index is -0.0000000900. The first kappa shape index (κ1) is 24.2. The largest absolute Gasteiger partial charge is 0 e. The van der Waals surface area contributed by atoms with Gasteiger partial charge in [0.15, 0.2) is 0 Å². The van der Waals surface area contributed by atoms with Gasteiger partial charge >= 0.3 is 33.9 Å². The van der Waals surface area contributed by atoms with E-state index in [-0.39, 0.29) is 21.1 Å². The van der Waals surface area contributed by atoms with E-state index in [1.54, 1.807) is 0 Å². The first-order chi connectivity index (χ1) is 7.29. The van der Waals surface area contributed by atoms with Gasteiger partial charge in [0, 0.05) is 21.1 Å². The van der Waals surface area contributed by atoms with Gasteiger partial charge in [-0.15, -0.1) is 0 Å². The molecule has 84 valence electrons. The normalized spacial score (nSPS) is 5.50. The number of nitrogens with zero attached hydrogens (tertiary/aromatic N) is 1. The molecule has 0 bridgehead atoms. The molecule has 1 aromatic rings. The topological polar surface area (TPSA) is 62.7 Å². The number of hydrogen-bond donors (Lipinski definition) is 0. The van der Waals surface area contributed by atoms with Gasteiger partial charge in [0.2, 0.25) is 0 Å². The van der Waals surface area contributed by atoms with Crippen LogP contribution in [0.3, 0.4) is 0 Å². The third-order valence-corrected chi connectivity index (χ3v) is 0.844. The Morgan fingerprint density at radius 1 is 0.938 bits per heavy atom. The van der Waals surface area contributed by atoms with Gasteiger partial charge in [0.25, 0.3) is 0 Å². The van der Waals surface area contributed by atoms with Crippen molar-refractivity contribution in [2.24, 2.45) is 0 Å². The molecular formula is C11H7NO3W-4. The molecule has 0 aromatic heterocycles. The molecule has 0 amide bonds. The summed E-state index contributed by atoms with van der Waals surface area (Å²) in [7, 11) is 3.91. The van der Waals surface area contributed by atoms with Crippen LogP contribution in [0.1, 0.15) is 5.56 Å². The zero-order valence-corrected chi connectivity index (χ0v) is 11.6. The van der Waals surface area contributed by atoms with E-state index in [4.69, 9.17) is 14.0 Å². The zero-order chi connectivity index (χ0) is 12.7. The summed E-state index contributed by atoms with van der Waals surface area (Å²) >= 11 is 0. The van der Waals surface area contributed by atoms with Crippen LogP contribution in [0.15, 0.2) is 0 Å². The minimum Gasteiger partial charge on any atom is 0 e. The summed E-state index contributed by atoms with van der Waals surface area (Å²) in [5, 5.41) is 0. The molecule has 1 aromatic carbocycles. The molecule has 1 rings (SSSR count). The van der Waals surface area contributed by atoms with Gasteiger partial charge in [-0.1, -0.05) is 0 Å². The van der Waals surface area contributed by atoms with Crippen molar-refractivity contribution in [2.75, 3.05) is 14.1 Å². The molecule has 5 heteroatoms. The van der Waals surface area contributed by atoms with Crippen molar-refractivity contribution < 1.29 is 39.6 Å². The second-order valence-electron chi connectivity index (χ2n) is 2.01. The quantitative estimate of drug-likeness (QED) is 0.287. The van der Waals surface area contributed by atoms with Crippen molar-refractivity contribution in [1.29, 1.82) is 0 Å². The van der Waals surface area contributed by atoms with Crippen LogP contribution < -0.4 is 0 Å². The van der Waals surface area contributed by atoms with Crippen LogP contribution in [0.25, 0.3) is 0 Å². The van der Waals surface area contributed by atoms with Crippen molar-refractivity contribution >= 4 is 6.21 Å². The van der Waals surface area contributed by atoms with E-state index >= 15 is 0 Å². The Morgan fingerprint density at radius 2 is 1.25 bits per heavy atom. The summed E-state index contributed by atoms with van der Waals surface area (Å²) in [5.41, 5.74) is 0.903. The molecule has 0 N–H and O–H groups in total.